The number of thioether (sulfide) groups is 1. The van der Waals surface area contributed by atoms with E-state index in [4.69, 9.17) is 23.2 Å². The highest BCUT2D eigenvalue weighted by Crippen LogP contribution is 2.38. The lowest BCUT2D eigenvalue weighted by Gasteiger charge is -2.19. The van der Waals surface area contributed by atoms with Crippen molar-refractivity contribution in [1.82, 2.24) is 9.55 Å². The summed E-state index contributed by atoms with van der Waals surface area (Å²) >= 11 is 14.5. The molecule has 1 unspecified atom stereocenters. The van der Waals surface area contributed by atoms with Crippen molar-refractivity contribution in [1.29, 1.82) is 0 Å². The zero-order valence-corrected chi connectivity index (χ0v) is 17.3. The Balaban J connectivity index is 1.87. The highest BCUT2D eigenvalue weighted by molar-refractivity contribution is 7.99. The third-order valence-corrected chi connectivity index (χ3v) is 6.31. The summed E-state index contributed by atoms with van der Waals surface area (Å²) in [5, 5.41) is 1.87. The Morgan fingerprint density at radius 1 is 1.12 bits per heavy atom. The molecule has 1 aromatic heterocycles. The van der Waals surface area contributed by atoms with E-state index in [0.717, 1.165) is 18.0 Å². The van der Waals surface area contributed by atoms with E-state index in [0.29, 0.717) is 10.3 Å². The maximum Gasteiger partial charge on any atom is 0.0945 e. The number of unbranched alkanes of at least 4 members (excludes halogenated alkanes) is 5. The number of hydrogen-bond acceptors (Lipinski definition) is 2. The monoisotopic (exact) mass is 398 g/mol. The third-order valence-electron chi connectivity index (χ3n) is 4.33. The highest BCUT2D eigenvalue weighted by atomic mass is 35.5. The number of imidazole rings is 1. The van der Waals surface area contributed by atoms with E-state index >= 15 is 0 Å². The van der Waals surface area contributed by atoms with E-state index in [1.165, 1.54) is 49.8 Å². The summed E-state index contributed by atoms with van der Waals surface area (Å²) in [6, 6.07) is 5.88. The molecular weight excluding hydrogens is 371 g/mol. The van der Waals surface area contributed by atoms with Crippen molar-refractivity contribution in [2.45, 2.75) is 63.7 Å². The second-order valence-electron chi connectivity index (χ2n) is 6.38. The van der Waals surface area contributed by atoms with Gasteiger partial charge in [-0.05, 0) is 36.3 Å². The van der Waals surface area contributed by atoms with E-state index in [1.807, 2.05) is 42.6 Å². The molecule has 2 rings (SSSR count). The SMILES string of the molecule is CCCCCCCCSC(CCn1ccnc1)c1ccc(Cl)cc1Cl. The van der Waals surface area contributed by atoms with Crippen molar-refractivity contribution in [2.75, 3.05) is 5.75 Å². The first-order valence-electron chi connectivity index (χ1n) is 9.23. The fourth-order valence-corrected chi connectivity index (χ4v) is 4.80. The number of halogens is 2. The van der Waals surface area contributed by atoms with Gasteiger partial charge in [0.25, 0.3) is 0 Å². The number of hydrogen-bond donors (Lipinski definition) is 0. The Morgan fingerprint density at radius 2 is 1.92 bits per heavy atom. The summed E-state index contributed by atoms with van der Waals surface area (Å²) < 4.78 is 2.13. The summed E-state index contributed by atoms with van der Waals surface area (Å²) in [6.07, 6.45) is 14.8. The number of rotatable bonds is 12. The molecule has 0 aliphatic heterocycles. The molecular formula is C20H28Cl2N2S. The van der Waals surface area contributed by atoms with Crippen LogP contribution in [0.15, 0.2) is 36.9 Å². The number of benzene rings is 1. The molecule has 0 saturated carbocycles. The van der Waals surface area contributed by atoms with Gasteiger partial charge in [0.1, 0.15) is 0 Å². The first-order valence-corrected chi connectivity index (χ1v) is 11.0. The van der Waals surface area contributed by atoms with Crippen LogP contribution in [0.2, 0.25) is 10.0 Å². The fraction of sp³-hybridized carbons (Fsp3) is 0.550. The number of aromatic nitrogens is 2. The lowest BCUT2D eigenvalue weighted by atomic mass is 10.1. The highest BCUT2D eigenvalue weighted by Gasteiger charge is 2.16. The molecule has 1 atom stereocenters. The van der Waals surface area contributed by atoms with Crippen molar-refractivity contribution >= 4 is 35.0 Å². The fourth-order valence-electron chi connectivity index (χ4n) is 2.88. The summed E-state index contributed by atoms with van der Waals surface area (Å²) in [7, 11) is 0. The summed E-state index contributed by atoms with van der Waals surface area (Å²) in [4.78, 5) is 4.13. The lowest BCUT2D eigenvalue weighted by Crippen LogP contribution is -2.03. The average Bonchev–Trinajstić information content (AvgIpc) is 3.11. The van der Waals surface area contributed by atoms with E-state index < -0.39 is 0 Å². The van der Waals surface area contributed by atoms with Crippen LogP contribution in [0.3, 0.4) is 0 Å². The minimum atomic E-state index is 0.391. The molecule has 0 aliphatic rings. The van der Waals surface area contributed by atoms with Crippen LogP contribution in [0.5, 0.6) is 0 Å². The van der Waals surface area contributed by atoms with E-state index in [-0.39, 0.29) is 0 Å². The van der Waals surface area contributed by atoms with Crippen molar-refractivity contribution in [3.8, 4) is 0 Å². The topological polar surface area (TPSA) is 17.8 Å². The molecule has 1 aromatic carbocycles. The van der Waals surface area contributed by atoms with Crippen LogP contribution in [0, 0.1) is 0 Å². The van der Waals surface area contributed by atoms with E-state index in [1.54, 1.807) is 0 Å². The second-order valence-corrected chi connectivity index (χ2v) is 8.54. The van der Waals surface area contributed by atoms with Gasteiger partial charge in [0.15, 0.2) is 0 Å². The van der Waals surface area contributed by atoms with E-state index in [2.05, 4.69) is 22.5 Å². The molecule has 5 heteroatoms. The van der Waals surface area contributed by atoms with Crippen LogP contribution >= 0.6 is 35.0 Å². The first-order chi connectivity index (χ1) is 12.2. The molecule has 2 nitrogen and oxygen atoms in total. The van der Waals surface area contributed by atoms with Gasteiger partial charge in [0.2, 0.25) is 0 Å². The molecule has 0 fully saturated rings. The summed E-state index contributed by atoms with van der Waals surface area (Å²) in [6.45, 7) is 3.21. The summed E-state index contributed by atoms with van der Waals surface area (Å²) in [5.41, 5.74) is 1.20. The molecule has 0 spiro atoms. The predicted octanol–water partition coefficient (Wildman–Crippen LogP) is 7.42. The molecule has 0 N–H and O–H groups in total. The van der Waals surface area contributed by atoms with E-state index in [9.17, 15) is 0 Å². The van der Waals surface area contributed by atoms with Crippen LogP contribution < -0.4 is 0 Å². The Morgan fingerprint density at radius 3 is 2.64 bits per heavy atom. The smallest absolute Gasteiger partial charge is 0.0945 e. The zero-order valence-electron chi connectivity index (χ0n) is 15.0. The van der Waals surface area contributed by atoms with Crippen molar-refractivity contribution < 1.29 is 0 Å². The first kappa shape index (κ1) is 20.7. The van der Waals surface area contributed by atoms with Gasteiger partial charge in [0, 0.05) is 34.2 Å². The molecule has 0 bridgehead atoms. The number of nitrogens with zero attached hydrogens (tertiary/aromatic N) is 2. The third kappa shape index (κ3) is 7.64. The molecule has 1 heterocycles. The second kappa shape index (κ2) is 11.9. The Hall–Kier alpha value is -0.640. The average molecular weight is 399 g/mol. The van der Waals surface area contributed by atoms with Gasteiger partial charge in [0.05, 0.1) is 6.33 Å². The van der Waals surface area contributed by atoms with Gasteiger partial charge in [-0.2, -0.15) is 11.8 Å². The van der Waals surface area contributed by atoms with Gasteiger partial charge in [-0.15, -0.1) is 0 Å². The maximum atomic E-state index is 6.47. The minimum Gasteiger partial charge on any atom is -0.337 e. The van der Waals surface area contributed by atoms with Gasteiger partial charge in [-0.3, -0.25) is 0 Å². The van der Waals surface area contributed by atoms with Gasteiger partial charge < -0.3 is 4.57 Å². The molecule has 0 amide bonds. The van der Waals surface area contributed by atoms with Crippen molar-refractivity contribution in [3.05, 3.63) is 52.5 Å². The minimum absolute atomic E-state index is 0.391. The zero-order chi connectivity index (χ0) is 17.9. The van der Waals surface area contributed by atoms with Gasteiger partial charge >= 0.3 is 0 Å². The van der Waals surface area contributed by atoms with Crippen LogP contribution in [-0.4, -0.2) is 15.3 Å². The van der Waals surface area contributed by atoms with Crippen molar-refractivity contribution in [2.24, 2.45) is 0 Å². The standard InChI is InChI=1S/C20H28Cl2N2S/c1-2-3-4-5-6-7-14-25-20(10-12-24-13-11-23-16-24)18-9-8-17(21)15-19(18)22/h8-9,11,13,15-16,20H,2-7,10,12,14H2,1H3. The Labute approximate surface area is 166 Å². The number of aryl methyl sites for hydroxylation is 1. The normalized spacial score (nSPS) is 12.4. The molecule has 25 heavy (non-hydrogen) atoms. The maximum absolute atomic E-state index is 6.47. The molecule has 2 aromatic rings. The van der Waals surface area contributed by atoms with Crippen LogP contribution in [0.25, 0.3) is 0 Å². The Bertz CT molecular complexity index is 602. The quantitative estimate of drug-likeness (QED) is 0.346. The van der Waals surface area contributed by atoms with Gasteiger partial charge in [-0.1, -0.05) is 68.3 Å². The summed E-state index contributed by atoms with van der Waals surface area (Å²) in [5.74, 6) is 1.18. The predicted molar refractivity (Wildman–Crippen MR) is 112 cm³/mol. The van der Waals surface area contributed by atoms with Crippen LogP contribution in [0.4, 0.5) is 0 Å². The van der Waals surface area contributed by atoms with Crippen molar-refractivity contribution in [3.63, 3.8) is 0 Å². The largest absolute Gasteiger partial charge is 0.337 e. The lowest BCUT2D eigenvalue weighted by molar-refractivity contribution is 0.622. The Kier molecular flexibility index (Phi) is 9.82. The molecule has 138 valence electrons. The van der Waals surface area contributed by atoms with Crippen LogP contribution in [-0.2, 0) is 6.54 Å². The molecule has 0 saturated heterocycles. The van der Waals surface area contributed by atoms with Gasteiger partial charge in [-0.25, -0.2) is 4.98 Å². The molecule has 0 aliphatic carbocycles. The van der Waals surface area contributed by atoms with Crippen LogP contribution in [0.1, 0.15) is 62.7 Å². The molecule has 0 radical (unpaired) electrons.